The van der Waals surface area contributed by atoms with Crippen molar-refractivity contribution in [3.63, 3.8) is 0 Å². The zero-order chi connectivity index (χ0) is 11.9. The normalized spacial score (nSPS) is 18.9. The van der Waals surface area contributed by atoms with Crippen molar-refractivity contribution < 1.29 is 8.81 Å². The highest BCUT2D eigenvalue weighted by atomic mass is 19.1. The summed E-state index contributed by atoms with van der Waals surface area (Å²) < 4.78 is 19.2. The van der Waals surface area contributed by atoms with E-state index in [2.05, 4.69) is 0 Å². The molecule has 3 heteroatoms. The fourth-order valence-corrected chi connectivity index (χ4v) is 3.07. The molecule has 0 bridgehead atoms. The van der Waals surface area contributed by atoms with E-state index < -0.39 is 0 Å². The van der Waals surface area contributed by atoms with Crippen molar-refractivity contribution in [3.05, 3.63) is 35.8 Å². The van der Waals surface area contributed by atoms with Crippen LogP contribution in [0.4, 0.5) is 4.39 Å². The molecule has 1 aliphatic rings. The molecule has 1 fully saturated rings. The van der Waals surface area contributed by atoms with Gasteiger partial charge in [-0.15, -0.1) is 0 Å². The number of fused-ring (bicyclic) bond motifs is 1. The molecule has 1 aromatic carbocycles. The number of furan rings is 1. The Morgan fingerprint density at radius 2 is 2.06 bits per heavy atom. The maximum atomic E-state index is 13.7. The Kier molecular flexibility index (Phi) is 2.44. The van der Waals surface area contributed by atoms with Crippen LogP contribution in [0.3, 0.4) is 0 Å². The minimum atomic E-state index is -0.200. The second-order valence-electron chi connectivity index (χ2n) is 4.98. The molecule has 0 atom stereocenters. The standard InChI is InChI=1S/C14H16FNO/c15-11-7-10-3-6-17-13(10)12(8-11)14(9-16)4-1-2-5-14/h3,6-8H,1-2,4-5,9,16H2. The van der Waals surface area contributed by atoms with Crippen LogP contribution in [0.1, 0.15) is 31.2 Å². The van der Waals surface area contributed by atoms with Crippen molar-refractivity contribution in [1.29, 1.82) is 0 Å². The summed E-state index contributed by atoms with van der Waals surface area (Å²) in [7, 11) is 0. The van der Waals surface area contributed by atoms with E-state index in [-0.39, 0.29) is 11.2 Å². The maximum Gasteiger partial charge on any atom is 0.137 e. The van der Waals surface area contributed by atoms with Crippen molar-refractivity contribution in [2.45, 2.75) is 31.1 Å². The molecule has 0 amide bonds. The fraction of sp³-hybridized carbons (Fsp3) is 0.429. The highest BCUT2D eigenvalue weighted by molar-refractivity contribution is 5.81. The van der Waals surface area contributed by atoms with Gasteiger partial charge in [-0.05, 0) is 31.0 Å². The van der Waals surface area contributed by atoms with E-state index in [1.54, 1.807) is 18.4 Å². The lowest BCUT2D eigenvalue weighted by atomic mass is 9.78. The quantitative estimate of drug-likeness (QED) is 0.864. The first-order chi connectivity index (χ1) is 8.25. The van der Waals surface area contributed by atoms with Crippen LogP contribution in [0.15, 0.2) is 28.9 Å². The predicted octanol–water partition coefficient (Wildman–Crippen LogP) is 3.34. The molecular formula is C14H16FNO. The first-order valence-corrected chi connectivity index (χ1v) is 6.12. The van der Waals surface area contributed by atoms with Gasteiger partial charge in [0, 0.05) is 22.9 Å². The van der Waals surface area contributed by atoms with Gasteiger partial charge in [0.2, 0.25) is 0 Å². The Labute approximate surface area is 99.6 Å². The molecule has 1 saturated carbocycles. The van der Waals surface area contributed by atoms with Crippen LogP contribution < -0.4 is 5.73 Å². The van der Waals surface area contributed by atoms with Gasteiger partial charge in [-0.1, -0.05) is 12.8 Å². The van der Waals surface area contributed by atoms with Gasteiger partial charge in [0.15, 0.2) is 0 Å². The van der Waals surface area contributed by atoms with Crippen LogP contribution >= 0.6 is 0 Å². The first kappa shape index (κ1) is 10.8. The highest BCUT2D eigenvalue weighted by Crippen LogP contribution is 2.43. The zero-order valence-electron chi connectivity index (χ0n) is 9.71. The lowest BCUT2D eigenvalue weighted by molar-refractivity contribution is 0.445. The molecule has 0 saturated heterocycles. The molecule has 3 rings (SSSR count). The fourth-order valence-electron chi connectivity index (χ4n) is 3.07. The van der Waals surface area contributed by atoms with E-state index in [0.29, 0.717) is 6.54 Å². The first-order valence-electron chi connectivity index (χ1n) is 6.12. The van der Waals surface area contributed by atoms with Crippen LogP contribution in [0.5, 0.6) is 0 Å². The van der Waals surface area contributed by atoms with E-state index in [0.717, 1.165) is 42.2 Å². The Balaban J connectivity index is 2.24. The topological polar surface area (TPSA) is 39.2 Å². The summed E-state index contributed by atoms with van der Waals surface area (Å²) in [6, 6.07) is 4.92. The molecule has 0 spiro atoms. The lowest BCUT2D eigenvalue weighted by Gasteiger charge is -2.27. The van der Waals surface area contributed by atoms with Crippen LogP contribution in [0.25, 0.3) is 11.0 Å². The van der Waals surface area contributed by atoms with Gasteiger partial charge in [-0.25, -0.2) is 4.39 Å². The third kappa shape index (κ3) is 1.57. The number of rotatable bonds is 2. The molecule has 2 aromatic rings. The van der Waals surface area contributed by atoms with Gasteiger partial charge >= 0.3 is 0 Å². The molecule has 1 aliphatic carbocycles. The second-order valence-corrected chi connectivity index (χ2v) is 4.98. The van der Waals surface area contributed by atoms with Gasteiger partial charge in [-0.3, -0.25) is 0 Å². The molecule has 0 unspecified atom stereocenters. The van der Waals surface area contributed by atoms with E-state index in [1.165, 1.54) is 6.07 Å². The third-order valence-corrected chi connectivity index (χ3v) is 4.04. The van der Waals surface area contributed by atoms with Crippen molar-refractivity contribution in [2.75, 3.05) is 6.54 Å². The number of benzene rings is 1. The lowest BCUT2D eigenvalue weighted by Crippen LogP contribution is -2.32. The second kappa shape index (κ2) is 3.84. The largest absolute Gasteiger partial charge is 0.464 e. The number of hydrogen-bond donors (Lipinski definition) is 1. The van der Waals surface area contributed by atoms with Crippen molar-refractivity contribution in [3.8, 4) is 0 Å². The van der Waals surface area contributed by atoms with Gasteiger partial charge < -0.3 is 10.2 Å². The van der Waals surface area contributed by atoms with E-state index >= 15 is 0 Å². The van der Waals surface area contributed by atoms with Crippen molar-refractivity contribution in [2.24, 2.45) is 5.73 Å². The highest BCUT2D eigenvalue weighted by Gasteiger charge is 2.36. The number of nitrogens with two attached hydrogens (primary N) is 1. The number of hydrogen-bond acceptors (Lipinski definition) is 2. The molecular weight excluding hydrogens is 217 g/mol. The minimum Gasteiger partial charge on any atom is -0.464 e. The summed E-state index contributed by atoms with van der Waals surface area (Å²) in [5.41, 5.74) is 7.62. The molecule has 1 aromatic heterocycles. The molecule has 2 nitrogen and oxygen atoms in total. The average molecular weight is 233 g/mol. The Bertz CT molecular complexity index is 540. The SMILES string of the molecule is NCC1(c2cc(F)cc3ccoc23)CCCC1. The van der Waals surface area contributed by atoms with Crippen molar-refractivity contribution in [1.82, 2.24) is 0 Å². The van der Waals surface area contributed by atoms with Gasteiger partial charge in [0.1, 0.15) is 11.4 Å². The maximum absolute atomic E-state index is 13.7. The van der Waals surface area contributed by atoms with Crippen molar-refractivity contribution >= 4 is 11.0 Å². The van der Waals surface area contributed by atoms with Crippen LogP contribution in [0.2, 0.25) is 0 Å². The molecule has 0 aliphatic heterocycles. The average Bonchev–Trinajstić information content (AvgIpc) is 2.96. The summed E-state index contributed by atoms with van der Waals surface area (Å²) in [6.07, 6.45) is 6.00. The molecule has 17 heavy (non-hydrogen) atoms. The zero-order valence-corrected chi connectivity index (χ0v) is 9.71. The number of halogens is 1. The van der Waals surface area contributed by atoms with E-state index in [1.807, 2.05) is 0 Å². The van der Waals surface area contributed by atoms with Crippen LogP contribution in [-0.2, 0) is 5.41 Å². The van der Waals surface area contributed by atoms with Gasteiger partial charge in [0.05, 0.1) is 6.26 Å². The van der Waals surface area contributed by atoms with Gasteiger partial charge in [0.25, 0.3) is 0 Å². The Morgan fingerprint density at radius 3 is 2.76 bits per heavy atom. The molecule has 1 heterocycles. The third-order valence-electron chi connectivity index (χ3n) is 4.04. The Hall–Kier alpha value is -1.35. The Morgan fingerprint density at radius 1 is 1.29 bits per heavy atom. The summed E-state index contributed by atoms with van der Waals surface area (Å²) in [6.45, 7) is 0.562. The van der Waals surface area contributed by atoms with Crippen LogP contribution in [0, 0.1) is 5.82 Å². The van der Waals surface area contributed by atoms with E-state index in [4.69, 9.17) is 10.2 Å². The van der Waals surface area contributed by atoms with Crippen LogP contribution in [-0.4, -0.2) is 6.54 Å². The summed E-state index contributed by atoms with van der Waals surface area (Å²) in [5, 5.41) is 0.833. The summed E-state index contributed by atoms with van der Waals surface area (Å²) in [5.74, 6) is -0.200. The predicted molar refractivity (Wildman–Crippen MR) is 65.4 cm³/mol. The molecule has 0 radical (unpaired) electrons. The monoisotopic (exact) mass is 233 g/mol. The summed E-state index contributed by atoms with van der Waals surface area (Å²) in [4.78, 5) is 0. The van der Waals surface area contributed by atoms with E-state index in [9.17, 15) is 4.39 Å². The molecule has 90 valence electrons. The minimum absolute atomic E-state index is 0.0851. The summed E-state index contributed by atoms with van der Waals surface area (Å²) >= 11 is 0. The molecule has 2 N–H and O–H groups in total. The smallest absolute Gasteiger partial charge is 0.137 e. The van der Waals surface area contributed by atoms with Gasteiger partial charge in [-0.2, -0.15) is 0 Å².